The van der Waals surface area contributed by atoms with Crippen LogP contribution in [0.2, 0.25) is 5.02 Å². The van der Waals surface area contributed by atoms with Gasteiger partial charge in [0.1, 0.15) is 5.03 Å². The van der Waals surface area contributed by atoms with E-state index < -0.39 is 0 Å². The number of amides is 1. The molecule has 0 saturated carbocycles. The van der Waals surface area contributed by atoms with Gasteiger partial charge in [0.05, 0.1) is 0 Å². The third-order valence-corrected chi connectivity index (χ3v) is 4.49. The minimum absolute atomic E-state index is 0.0975. The van der Waals surface area contributed by atoms with Gasteiger partial charge in [-0.05, 0) is 50.6 Å². The predicted octanol–water partition coefficient (Wildman–Crippen LogP) is 4.31. The van der Waals surface area contributed by atoms with Gasteiger partial charge in [-0.15, -0.1) is 0 Å². The van der Waals surface area contributed by atoms with Crippen LogP contribution in [-0.4, -0.2) is 33.8 Å². The number of carbonyl (C=O) groups excluding carboxylic acids is 1. The van der Waals surface area contributed by atoms with Crippen LogP contribution in [0.3, 0.4) is 0 Å². The molecule has 6 heteroatoms. The third kappa shape index (κ3) is 3.80. The molecule has 1 amide bonds. The zero-order valence-electron chi connectivity index (χ0n) is 12.3. The van der Waals surface area contributed by atoms with Crippen molar-refractivity contribution >= 4 is 29.4 Å². The van der Waals surface area contributed by atoms with Crippen LogP contribution in [0.4, 0.5) is 4.79 Å². The Hall–Kier alpha value is -1.46. The molecule has 0 aliphatic rings. The Balaban J connectivity index is 2.15. The molecule has 1 aromatic heterocycles. The summed E-state index contributed by atoms with van der Waals surface area (Å²) in [6.07, 6.45) is 1.70. The molecular weight excluding hydrogens is 306 g/mol. The molecular formula is C15H18ClN3OS. The number of aryl methyl sites for hydroxylation is 1. The minimum atomic E-state index is -0.0975. The highest BCUT2D eigenvalue weighted by Crippen LogP contribution is 2.30. The van der Waals surface area contributed by atoms with E-state index in [0.29, 0.717) is 13.1 Å². The van der Waals surface area contributed by atoms with Gasteiger partial charge < -0.3 is 4.90 Å². The summed E-state index contributed by atoms with van der Waals surface area (Å²) in [5, 5.41) is 5.86. The number of carbonyl (C=O) groups is 1. The van der Waals surface area contributed by atoms with Crippen LogP contribution in [0.15, 0.2) is 40.4 Å². The molecule has 0 atom stereocenters. The van der Waals surface area contributed by atoms with E-state index >= 15 is 0 Å². The molecule has 0 N–H and O–H groups in total. The summed E-state index contributed by atoms with van der Waals surface area (Å²) in [6, 6.07) is 7.49. The average molecular weight is 324 g/mol. The molecule has 2 aromatic rings. The van der Waals surface area contributed by atoms with Gasteiger partial charge in [0.2, 0.25) is 0 Å². The predicted molar refractivity (Wildman–Crippen MR) is 86.3 cm³/mol. The Kier molecular flexibility index (Phi) is 5.31. The lowest BCUT2D eigenvalue weighted by Crippen LogP contribution is -2.34. The van der Waals surface area contributed by atoms with Gasteiger partial charge in [-0.2, -0.15) is 9.78 Å². The first-order valence-electron chi connectivity index (χ1n) is 6.84. The van der Waals surface area contributed by atoms with Crippen molar-refractivity contribution in [2.75, 3.05) is 13.1 Å². The van der Waals surface area contributed by atoms with E-state index in [4.69, 9.17) is 11.6 Å². The van der Waals surface area contributed by atoms with Crippen molar-refractivity contribution in [3.63, 3.8) is 0 Å². The maximum absolute atomic E-state index is 12.2. The molecule has 0 spiro atoms. The smallest absolute Gasteiger partial charge is 0.323 e. The molecule has 1 aromatic carbocycles. The van der Waals surface area contributed by atoms with Crippen molar-refractivity contribution in [1.29, 1.82) is 0 Å². The van der Waals surface area contributed by atoms with Crippen molar-refractivity contribution in [3.8, 4) is 0 Å². The molecule has 112 valence electrons. The van der Waals surface area contributed by atoms with E-state index in [9.17, 15) is 4.79 Å². The number of nitrogens with zero attached hydrogens (tertiary/aromatic N) is 3. The Labute approximate surface area is 134 Å². The quantitative estimate of drug-likeness (QED) is 0.841. The van der Waals surface area contributed by atoms with E-state index in [1.807, 2.05) is 45.0 Å². The Morgan fingerprint density at radius 3 is 2.67 bits per heavy atom. The second-order valence-electron chi connectivity index (χ2n) is 4.57. The lowest BCUT2D eigenvalue weighted by Gasteiger charge is -2.17. The van der Waals surface area contributed by atoms with E-state index in [-0.39, 0.29) is 6.03 Å². The van der Waals surface area contributed by atoms with E-state index in [1.165, 1.54) is 16.4 Å². The van der Waals surface area contributed by atoms with Crippen LogP contribution >= 0.6 is 23.4 Å². The highest BCUT2D eigenvalue weighted by Gasteiger charge is 2.14. The second kappa shape index (κ2) is 7.00. The van der Waals surface area contributed by atoms with Gasteiger partial charge >= 0.3 is 6.03 Å². The summed E-state index contributed by atoms with van der Waals surface area (Å²) in [4.78, 5) is 15.0. The Morgan fingerprint density at radius 1 is 1.33 bits per heavy atom. The van der Waals surface area contributed by atoms with Gasteiger partial charge in [0.15, 0.2) is 0 Å². The summed E-state index contributed by atoms with van der Waals surface area (Å²) in [7, 11) is 0. The van der Waals surface area contributed by atoms with Crippen LogP contribution in [0.1, 0.15) is 19.4 Å². The molecule has 0 radical (unpaired) electrons. The monoisotopic (exact) mass is 323 g/mol. The first kappa shape index (κ1) is 15.9. The van der Waals surface area contributed by atoms with Crippen molar-refractivity contribution in [2.45, 2.75) is 30.7 Å². The molecule has 0 fully saturated rings. The van der Waals surface area contributed by atoms with Crippen LogP contribution in [0.5, 0.6) is 0 Å². The van der Waals surface area contributed by atoms with E-state index in [2.05, 4.69) is 5.10 Å². The average Bonchev–Trinajstić information content (AvgIpc) is 2.92. The van der Waals surface area contributed by atoms with E-state index in [0.717, 1.165) is 20.5 Å². The third-order valence-electron chi connectivity index (χ3n) is 3.15. The summed E-state index contributed by atoms with van der Waals surface area (Å²) < 4.78 is 1.39. The molecule has 0 bridgehead atoms. The van der Waals surface area contributed by atoms with Gasteiger partial charge in [0.25, 0.3) is 0 Å². The van der Waals surface area contributed by atoms with Gasteiger partial charge in [-0.1, -0.05) is 23.4 Å². The summed E-state index contributed by atoms with van der Waals surface area (Å²) in [5.41, 5.74) is 1.09. The molecule has 1 heterocycles. The van der Waals surface area contributed by atoms with Crippen molar-refractivity contribution < 1.29 is 4.79 Å². The number of rotatable bonds is 4. The number of halogens is 1. The van der Waals surface area contributed by atoms with Crippen molar-refractivity contribution in [2.24, 2.45) is 0 Å². The second-order valence-corrected chi connectivity index (χ2v) is 6.06. The molecule has 0 aliphatic carbocycles. The number of hydrogen-bond acceptors (Lipinski definition) is 3. The first-order valence-corrected chi connectivity index (χ1v) is 8.03. The lowest BCUT2D eigenvalue weighted by molar-refractivity contribution is 0.201. The standard InChI is InChI=1S/C15H18ClN3OS/c1-4-18(5-2)15(20)19-9-8-14(17-19)21-13-7-6-12(16)10-11(13)3/h6-10H,4-5H2,1-3H3. The molecule has 2 rings (SSSR count). The number of hydrogen-bond donors (Lipinski definition) is 0. The first-order chi connectivity index (χ1) is 10.0. The molecule has 4 nitrogen and oxygen atoms in total. The van der Waals surface area contributed by atoms with E-state index in [1.54, 1.807) is 11.1 Å². The highest BCUT2D eigenvalue weighted by atomic mass is 35.5. The maximum atomic E-state index is 12.2. The zero-order chi connectivity index (χ0) is 15.4. The Morgan fingerprint density at radius 2 is 2.05 bits per heavy atom. The van der Waals surface area contributed by atoms with Gasteiger partial charge in [0, 0.05) is 29.2 Å². The van der Waals surface area contributed by atoms with Gasteiger partial charge in [-0.25, -0.2) is 4.79 Å². The maximum Gasteiger partial charge on any atom is 0.344 e. The Bertz CT molecular complexity index is 638. The van der Waals surface area contributed by atoms with Crippen LogP contribution < -0.4 is 0 Å². The van der Waals surface area contributed by atoms with Crippen molar-refractivity contribution in [1.82, 2.24) is 14.7 Å². The SMILES string of the molecule is CCN(CC)C(=O)n1ccc(Sc2ccc(Cl)cc2C)n1. The molecule has 21 heavy (non-hydrogen) atoms. The largest absolute Gasteiger partial charge is 0.344 e. The summed E-state index contributed by atoms with van der Waals surface area (Å²) in [5.74, 6) is 0. The van der Waals surface area contributed by atoms with Crippen LogP contribution in [0.25, 0.3) is 0 Å². The molecule has 0 unspecified atom stereocenters. The van der Waals surface area contributed by atoms with Crippen LogP contribution in [0, 0.1) is 6.92 Å². The van der Waals surface area contributed by atoms with Crippen molar-refractivity contribution in [3.05, 3.63) is 41.0 Å². The lowest BCUT2D eigenvalue weighted by atomic mass is 10.2. The van der Waals surface area contributed by atoms with Crippen LogP contribution in [-0.2, 0) is 0 Å². The van der Waals surface area contributed by atoms with Gasteiger partial charge in [-0.3, -0.25) is 0 Å². The fourth-order valence-corrected chi connectivity index (χ4v) is 3.01. The summed E-state index contributed by atoms with van der Waals surface area (Å²) >= 11 is 7.48. The number of aromatic nitrogens is 2. The molecule has 0 saturated heterocycles. The fraction of sp³-hybridized carbons (Fsp3) is 0.333. The zero-order valence-corrected chi connectivity index (χ0v) is 13.9. The molecule has 0 aliphatic heterocycles. The fourth-order valence-electron chi connectivity index (χ4n) is 1.95. The minimum Gasteiger partial charge on any atom is -0.323 e. The highest BCUT2D eigenvalue weighted by molar-refractivity contribution is 7.99. The normalized spacial score (nSPS) is 10.7. The number of benzene rings is 1. The summed E-state index contributed by atoms with van der Waals surface area (Å²) in [6.45, 7) is 7.27. The topological polar surface area (TPSA) is 38.1 Å².